The van der Waals surface area contributed by atoms with Gasteiger partial charge in [-0.2, -0.15) is 0 Å². The Morgan fingerprint density at radius 3 is 1.50 bits per heavy atom. The van der Waals surface area contributed by atoms with Crippen molar-refractivity contribution in [3.63, 3.8) is 0 Å². The Morgan fingerprint density at radius 1 is 0.583 bits per heavy atom. The van der Waals surface area contributed by atoms with E-state index in [4.69, 9.17) is 28.7 Å². The molecule has 4 N–H and O–H groups in total. The average molecular weight is 533 g/mol. The molecule has 0 radical (unpaired) electrons. The Labute approximate surface area is 216 Å². The van der Waals surface area contributed by atoms with Crippen molar-refractivity contribution in [2.45, 2.75) is 65.7 Å². The standard InChI is InChI=1S/C28H34.2HO3P/c1-4-7-14-26-22(6-3)20-21-27(28(26)15-8-5-2)25-18-16-24(17-19-25)23-12-10-9-11-13-23;2*1-4(2)3/h9-13,16-21H,4-8,14-15H2,1-3H3;2*(H-,1,2,3)/p+2. The lowest BCUT2D eigenvalue weighted by molar-refractivity contribution is 0.403. The van der Waals surface area contributed by atoms with Crippen LogP contribution in [0.4, 0.5) is 0 Å². The predicted octanol–water partition coefficient (Wildman–Crippen LogP) is 7.53. The van der Waals surface area contributed by atoms with E-state index in [9.17, 15) is 0 Å². The highest BCUT2D eigenvalue weighted by Gasteiger charge is 2.14. The highest BCUT2D eigenvalue weighted by Crippen LogP contribution is 2.33. The topological polar surface area (TPSA) is 115 Å². The van der Waals surface area contributed by atoms with Crippen molar-refractivity contribution in [3.05, 3.63) is 83.4 Å². The van der Waals surface area contributed by atoms with E-state index in [-0.39, 0.29) is 0 Å². The molecule has 0 saturated carbocycles. The van der Waals surface area contributed by atoms with E-state index in [0.29, 0.717) is 0 Å². The third-order valence-electron chi connectivity index (χ3n) is 5.77. The molecule has 8 heteroatoms. The SMILES string of the molecule is CCCCc1c(CC)ccc(-c2ccc(-c3ccccc3)cc2)c1CCCC.O=[P+](O)O.O=[P+](O)O. The summed E-state index contributed by atoms with van der Waals surface area (Å²) in [6.07, 6.45) is 8.59. The van der Waals surface area contributed by atoms with Crippen LogP contribution >= 0.6 is 16.5 Å². The Balaban J connectivity index is 0.000000709. The van der Waals surface area contributed by atoms with Gasteiger partial charge < -0.3 is 0 Å². The fraction of sp³-hybridized carbons (Fsp3) is 0.357. The summed E-state index contributed by atoms with van der Waals surface area (Å²) >= 11 is 0. The maximum Gasteiger partial charge on any atom is 0.692 e. The lowest BCUT2D eigenvalue weighted by atomic mass is 9.86. The number of benzene rings is 3. The molecule has 6 nitrogen and oxygen atoms in total. The monoisotopic (exact) mass is 532 g/mol. The van der Waals surface area contributed by atoms with Gasteiger partial charge in [0.25, 0.3) is 0 Å². The zero-order valence-corrected chi connectivity index (χ0v) is 23.1. The Bertz CT molecular complexity index is 1050. The number of rotatable bonds is 9. The first kappa shape index (κ1) is 31.7. The number of hydrogen-bond donors (Lipinski definition) is 4. The van der Waals surface area contributed by atoms with Crippen molar-refractivity contribution >= 4 is 16.5 Å². The molecule has 0 amide bonds. The minimum absolute atomic E-state index is 1.13. The molecule has 3 rings (SSSR count). The van der Waals surface area contributed by atoms with Crippen LogP contribution in [-0.2, 0) is 28.4 Å². The molecule has 0 aliphatic heterocycles. The molecule has 194 valence electrons. The van der Waals surface area contributed by atoms with Gasteiger partial charge in [0.2, 0.25) is 0 Å². The van der Waals surface area contributed by atoms with Gasteiger partial charge in [0.05, 0.1) is 0 Å². The second-order valence-corrected chi connectivity index (χ2v) is 9.25. The summed E-state index contributed by atoms with van der Waals surface area (Å²) in [6.45, 7) is 6.88. The second kappa shape index (κ2) is 18.0. The van der Waals surface area contributed by atoms with Crippen molar-refractivity contribution in [1.29, 1.82) is 0 Å². The molecule has 0 saturated heterocycles. The van der Waals surface area contributed by atoms with E-state index in [1.165, 1.54) is 60.8 Å². The fourth-order valence-corrected chi connectivity index (χ4v) is 4.12. The summed E-state index contributed by atoms with van der Waals surface area (Å²) in [5, 5.41) is 0. The molecular formula is C28H38O6P2+2. The largest absolute Gasteiger partial charge is 0.692 e. The molecule has 0 heterocycles. The average Bonchev–Trinajstić information content (AvgIpc) is 2.86. The van der Waals surface area contributed by atoms with Crippen LogP contribution in [0.25, 0.3) is 22.3 Å². The van der Waals surface area contributed by atoms with E-state index in [1.807, 2.05) is 0 Å². The molecule has 0 fully saturated rings. The number of aryl methyl sites for hydroxylation is 1. The number of unbranched alkanes of at least 4 members (excludes halogenated alkanes) is 2. The Hall–Kier alpha value is -2.30. The lowest BCUT2D eigenvalue weighted by Gasteiger charge is -2.19. The quantitative estimate of drug-likeness (QED) is 0.212. The summed E-state index contributed by atoms with van der Waals surface area (Å²) < 4.78 is 17.4. The van der Waals surface area contributed by atoms with Gasteiger partial charge in [0.1, 0.15) is 0 Å². The van der Waals surface area contributed by atoms with Gasteiger partial charge in [-0.05, 0) is 71.0 Å². The smallest absolute Gasteiger partial charge is 0.134 e. The summed E-state index contributed by atoms with van der Waals surface area (Å²) in [6, 6.07) is 24.6. The first-order valence-electron chi connectivity index (χ1n) is 12.2. The predicted molar refractivity (Wildman–Crippen MR) is 148 cm³/mol. The van der Waals surface area contributed by atoms with Crippen LogP contribution < -0.4 is 0 Å². The van der Waals surface area contributed by atoms with E-state index >= 15 is 0 Å². The van der Waals surface area contributed by atoms with Crippen LogP contribution in [0.3, 0.4) is 0 Å². The molecule has 3 aromatic carbocycles. The molecule has 0 spiro atoms. The molecular weight excluding hydrogens is 494 g/mol. The van der Waals surface area contributed by atoms with Crippen molar-refractivity contribution in [2.24, 2.45) is 0 Å². The molecule has 0 atom stereocenters. The molecule has 0 bridgehead atoms. The van der Waals surface area contributed by atoms with Gasteiger partial charge in [-0.3, -0.25) is 0 Å². The summed E-state index contributed by atoms with van der Waals surface area (Å²) in [7, 11) is -5.74. The Morgan fingerprint density at radius 2 is 1.03 bits per heavy atom. The van der Waals surface area contributed by atoms with Gasteiger partial charge in [0, 0.05) is 9.13 Å². The molecule has 0 aliphatic rings. The Kier molecular flexibility index (Phi) is 15.9. The zero-order valence-electron chi connectivity index (χ0n) is 21.3. The highest BCUT2D eigenvalue weighted by molar-refractivity contribution is 7.31. The van der Waals surface area contributed by atoms with Gasteiger partial charge in [0.15, 0.2) is 0 Å². The van der Waals surface area contributed by atoms with E-state index in [1.54, 1.807) is 16.7 Å². The van der Waals surface area contributed by atoms with Crippen LogP contribution in [0.1, 0.15) is 63.1 Å². The maximum absolute atomic E-state index is 8.70. The van der Waals surface area contributed by atoms with E-state index < -0.39 is 16.5 Å². The van der Waals surface area contributed by atoms with Crippen molar-refractivity contribution in [2.75, 3.05) is 0 Å². The van der Waals surface area contributed by atoms with E-state index in [2.05, 4.69) is 87.5 Å². The second-order valence-electron chi connectivity index (χ2n) is 8.24. The summed E-state index contributed by atoms with van der Waals surface area (Å²) in [5.41, 5.74) is 10.1. The molecule has 0 unspecified atom stereocenters. The van der Waals surface area contributed by atoms with Gasteiger partial charge in [-0.15, -0.1) is 19.6 Å². The fourth-order valence-electron chi connectivity index (χ4n) is 4.12. The molecule has 36 heavy (non-hydrogen) atoms. The highest BCUT2D eigenvalue weighted by atomic mass is 31.1. The van der Waals surface area contributed by atoms with Crippen molar-refractivity contribution in [3.8, 4) is 22.3 Å². The van der Waals surface area contributed by atoms with Crippen LogP contribution in [0.5, 0.6) is 0 Å². The first-order chi connectivity index (χ1) is 17.2. The maximum atomic E-state index is 8.70. The molecule has 0 aliphatic carbocycles. The van der Waals surface area contributed by atoms with Crippen LogP contribution in [0, 0.1) is 0 Å². The molecule has 3 aromatic rings. The first-order valence-corrected chi connectivity index (χ1v) is 14.6. The third-order valence-corrected chi connectivity index (χ3v) is 5.77. The third kappa shape index (κ3) is 11.6. The minimum Gasteiger partial charge on any atom is -0.134 e. The van der Waals surface area contributed by atoms with Crippen LogP contribution in [0.2, 0.25) is 0 Å². The zero-order chi connectivity index (χ0) is 26.9. The summed E-state index contributed by atoms with van der Waals surface area (Å²) in [5.74, 6) is 0. The normalized spacial score (nSPS) is 9.97. The molecule has 0 aromatic heterocycles. The number of hydrogen-bond acceptors (Lipinski definition) is 2. The van der Waals surface area contributed by atoms with Crippen LogP contribution in [0.15, 0.2) is 66.7 Å². The summed E-state index contributed by atoms with van der Waals surface area (Å²) in [4.78, 5) is 28.5. The van der Waals surface area contributed by atoms with Gasteiger partial charge in [-0.1, -0.05) is 100 Å². The van der Waals surface area contributed by atoms with Crippen molar-refractivity contribution < 1.29 is 28.7 Å². The van der Waals surface area contributed by atoms with Gasteiger partial charge in [-0.25, -0.2) is 0 Å². The van der Waals surface area contributed by atoms with E-state index in [0.717, 1.165) is 6.42 Å². The lowest BCUT2D eigenvalue weighted by Crippen LogP contribution is -2.03. The van der Waals surface area contributed by atoms with Crippen molar-refractivity contribution in [1.82, 2.24) is 0 Å². The minimum atomic E-state index is -2.87. The van der Waals surface area contributed by atoms with Gasteiger partial charge >= 0.3 is 16.5 Å². The van der Waals surface area contributed by atoms with Crippen LogP contribution in [-0.4, -0.2) is 19.6 Å².